The Morgan fingerprint density at radius 3 is 1.38 bits per heavy atom. The lowest BCUT2D eigenvalue weighted by Crippen LogP contribution is -2.28. The van der Waals surface area contributed by atoms with Crippen LogP contribution in [0.2, 0.25) is 0 Å². The molecule has 8 nitrogen and oxygen atoms in total. The van der Waals surface area contributed by atoms with Gasteiger partial charge in [-0.25, -0.2) is 0 Å². The van der Waals surface area contributed by atoms with Gasteiger partial charge in [0, 0.05) is 37.4 Å². The van der Waals surface area contributed by atoms with Gasteiger partial charge in [-0.3, -0.25) is 9.59 Å². The highest BCUT2D eigenvalue weighted by Gasteiger charge is 2.06. The summed E-state index contributed by atoms with van der Waals surface area (Å²) in [7, 11) is 0. The second kappa shape index (κ2) is 9.97. The van der Waals surface area contributed by atoms with E-state index in [2.05, 4.69) is 10.6 Å². The summed E-state index contributed by atoms with van der Waals surface area (Å²) in [5, 5.41) is 27.4. The molecule has 0 aliphatic heterocycles. The number of carbonyl (C=O) groups excluding carboxylic acids is 2. The molecule has 0 aliphatic carbocycles. The molecule has 2 rings (SSSR count). The topological polar surface area (TPSA) is 112 Å². The van der Waals surface area contributed by atoms with Crippen LogP contribution in [0.4, 0.5) is 0 Å². The summed E-state index contributed by atoms with van der Waals surface area (Å²) in [4.78, 5) is 23.7. The van der Waals surface area contributed by atoms with Gasteiger partial charge < -0.3 is 21.0 Å². The molecule has 8 heteroatoms. The second-order valence-electron chi connectivity index (χ2n) is 5.82. The van der Waals surface area contributed by atoms with Crippen molar-refractivity contribution in [3.8, 4) is 0 Å². The van der Waals surface area contributed by atoms with Crippen molar-refractivity contribution in [1.29, 1.82) is 0 Å². The van der Waals surface area contributed by atoms with E-state index in [9.17, 15) is 20.0 Å². The third-order valence-electron chi connectivity index (χ3n) is 3.80. The first-order valence-corrected chi connectivity index (χ1v) is 8.50. The van der Waals surface area contributed by atoms with Crippen LogP contribution in [-0.2, 0) is 0 Å². The third-order valence-corrected chi connectivity index (χ3v) is 3.80. The Labute approximate surface area is 151 Å². The van der Waals surface area contributed by atoms with Gasteiger partial charge in [0.1, 0.15) is 0 Å². The van der Waals surface area contributed by atoms with Gasteiger partial charge in [0.15, 0.2) is 24.8 Å². The monoisotopic (exact) mass is 358 g/mol. The van der Waals surface area contributed by atoms with E-state index in [1.54, 1.807) is 0 Å². The molecular weight excluding hydrogens is 336 g/mol. The maximum atomic E-state index is 11.8. The van der Waals surface area contributed by atoms with E-state index in [4.69, 9.17) is 0 Å². The van der Waals surface area contributed by atoms with Crippen LogP contribution in [0.3, 0.4) is 0 Å². The van der Waals surface area contributed by atoms with Crippen molar-refractivity contribution in [2.75, 3.05) is 13.1 Å². The van der Waals surface area contributed by atoms with Gasteiger partial charge in [0.25, 0.3) is 11.8 Å². The molecule has 0 saturated heterocycles. The minimum atomic E-state index is -0.194. The van der Waals surface area contributed by atoms with E-state index in [0.717, 1.165) is 25.7 Å². The van der Waals surface area contributed by atoms with E-state index in [0.29, 0.717) is 33.7 Å². The van der Waals surface area contributed by atoms with Crippen LogP contribution in [0.25, 0.3) is 0 Å². The van der Waals surface area contributed by atoms with Gasteiger partial charge in [-0.15, -0.1) is 0 Å². The molecule has 2 aromatic rings. The van der Waals surface area contributed by atoms with E-state index < -0.39 is 0 Å². The van der Waals surface area contributed by atoms with Crippen molar-refractivity contribution in [2.24, 2.45) is 0 Å². The molecule has 2 amide bonds. The first-order chi connectivity index (χ1) is 12.6. The number of amides is 2. The molecule has 26 heavy (non-hydrogen) atoms. The zero-order valence-electron chi connectivity index (χ0n) is 14.4. The summed E-state index contributed by atoms with van der Waals surface area (Å²) in [5.74, 6) is -0.389. The Bertz CT molecular complexity index is 653. The maximum absolute atomic E-state index is 11.8. The minimum absolute atomic E-state index is 0.194. The molecule has 0 saturated carbocycles. The number of aromatic nitrogens is 2. The quantitative estimate of drug-likeness (QED) is 0.390. The standard InChI is InChI=1S/C18H22N4O4/c23-17(15-5-11-21(25)12-6-15)19-9-3-1-2-4-10-20-18(24)16-7-13-22(26)14-8-16/h5-8,11-14H,1-4,9-10H2,(H,19,23)(H,20,24). The molecule has 0 aliphatic rings. The zero-order chi connectivity index (χ0) is 18.8. The summed E-state index contributed by atoms with van der Waals surface area (Å²) in [5.41, 5.74) is 0.923. The van der Waals surface area contributed by atoms with Crippen molar-refractivity contribution in [3.63, 3.8) is 0 Å². The highest BCUT2D eigenvalue weighted by atomic mass is 16.5. The van der Waals surface area contributed by atoms with Crippen LogP contribution in [0, 0.1) is 10.4 Å². The van der Waals surface area contributed by atoms with Crippen molar-refractivity contribution in [3.05, 3.63) is 70.6 Å². The van der Waals surface area contributed by atoms with Crippen molar-refractivity contribution in [2.45, 2.75) is 25.7 Å². The fourth-order valence-corrected chi connectivity index (χ4v) is 2.34. The zero-order valence-corrected chi connectivity index (χ0v) is 14.4. The molecule has 2 heterocycles. The van der Waals surface area contributed by atoms with E-state index in [1.165, 1.54) is 49.1 Å². The number of hydrogen-bond acceptors (Lipinski definition) is 4. The molecule has 0 unspecified atom stereocenters. The number of hydrogen-bond donors (Lipinski definition) is 2. The predicted octanol–water partition coefficient (Wildman–Crippen LogP) is 0.674. The summed E-state index contributed by atoms with van der Waals surface area (Å²) in [6, 6.07) is 5.92. The molecular formula is C18H22N4O4. The summed E-state index contributed by atoms with van der Waals surface area (Å²) < 4.78 is 1.26. The van der Waals surface area contributed by atoms with Crippen LogP contribution in [-0.4, -0.2) is 24.9 Å². The smallest absolute Gasteiger partial charge is 0.251 e. The van der Waals surface area contributed by atoms with Crippen molar-refractivity contribution in [1.82, 2.24) is 10.6 Å². The Kier molecular flexibility index (Phi) is 7.35. The minimum Gasteiger partial charge on any atom is -0.619 e. The lowest BCUT2D eigenvalue weighted by molar-refractivity contribution is -0.605. The summed E-state index contributed by atoms with van der Waals surface area (Å²) in [6.45, 7) is 1.13. The van der Waals surface area contributed by atoms with Gasteiger partial charge in [-0.1, -0.05) is 12.8 Å². The van der Waals surface area contributed by atoms with E-state index >= 15 is 0 Å². The molecule has 2 aromatic heterocycles. The van der Waals surface area contributed by atoms with E-state index in [1.807, 2.05) is 0 Å². The predicted molar refractivity (Wildman–Crippen MR) is 93.9 cm³/mol. The first-order valence-electron chi connectivity index (χ1n) is 8.50. The highest BCUT2D eigenvalue weighted by molar-refractivity contribution is 5.94. The van der Waals surface area contributed by atoms with Crippen LogP contribution >= 0.6 is 0 Å². The highest BCUT2D eigenvalue weighted by Crippen LogP contribution is 2.00. The number of nitrogens with zero attached hydrogens (tertiary/aromatic N) is 2. The van der Waals surface area contributed by atoms with Crippen LogP contribution in [0.1, 0.15) is 46.4 Å². The van der Waals surface area contributed by atoms with Crippen molar-refractivity contribution >= 4 is 11.8 Å². The average Bonchev–Trinajstić information content (AvgIpc) is 2.64. The SMILES string of the molecule is O=C(NCCCCCCNC(=O)c1cc[n+]([O-])cc1)c1cc[n+]([O-])cc1. The number of nitrogens with one attached hydrogen (secondary N) is 2. The van der Waals surface area contributed by atoms with Gasteiger partial charge >= 0.3 is 0 Å². The summed E-state index contributed by atoms with van der Waals surface area (Å²) in [6.07, 6.45) is 8.72. The Morgan fingerprint density at radius 2 is 1.04 bits per heavy atom. The Morgan fingerprint density at radius 1 is 0.692 bits per heavy atom. The maximum Gasteiger partial charge on any atom is 0.251 e. The Hall–Kier alpha value is -3.16. The lowest BCUT2D eigenvalue weighted by atomic mass is 10.2. The molecule has 2 N–H and O–H groups in total. The molecule has 0 spiro atoms. The molecule has 0 bridgehead atoms. The first kappa shape index (κ1) is 19.2. The normalized spacial score (nSPS) is 10.3. The van der Waals surface area contributed by atoms with Crippen LogP contribution < -0.4 is 20.1 Å². The number of carbonyl (C=O) groups is 2. The van der Waals surface area contributed by atoms with Crippen LogP contribution in [0.15, 0.2) is 49.1 Å². The van der Waals surface area contributed by atoms with Crippen LogP contribution in [0.5, 0.6) is 0 Å². The summed E-state index contributed by atoms with van der Waals surface area (Å²) >= 11 is 0. The van der Waals surface area contributed by atoms with Crippen molar-refractivity contribution < 1.29 is 19.0 Å². The van der Waals surface area contributed by atoms with Gasteiger partial charge in [-0.2, -0.15) is 9.46 Å². The fourth-order valence-electron chi connectivity index (χ4n) is 2.34. The number of unbranched alkanes of at least 4 members (excludes halogenated alkanes) is 3. The average molecular weight is 358 g/mol. The Balaban J connectivity index is 1.51. The molecule has 138 valence electrons. The molecule has 0 aromatic carbocycles. The van der Waals surface area contributed by atoms with Gasteiger partial charge in [0.2, 0.25) is 0 Å². The number of pyridine rings is 2. The van der Waals surface area contributed by atoms with Gasteiger partial charge in [0.05, 0.1) is 11.1 Å². The molecule has 0 radical (unpaired) electrons. The van der Waals surface area contributed by atoms with Gasteiger partial charge in [-0.05, 0) is 12.8 Å². The third kappa shape index (κ3) is 6.39. The molecule has 0 fully saturated rings. The fraction of sp³-hybridized carbons (Fsp3) is 0.333. The number of rotatable bonds is 9. The lowest BCUT2D eigenvalue weighted by Gasteiger charge is -2.06. The van der Waals surface area contributed by atoms with E-state index in [-0.39, 0.29) is 11.8 Å². The largest absolute Gasteiger partial charge is 0.619 e. The molecule has 0 atom stereocenters. The second-order valence-corrected chi connectivity index (χ2v) is 5.82.